The number of rotatable bonds is 7. The van der Waals surface area contributed by atoms with E-state index >= 15 is 0 Å². The molecule has 1 aromatic carbocycles. The van der Waals surface area contributed by atoms with Gasteiger partial charge in [0, 0.05) is 7.11 Å². The summed E-state index contributed by atoms with van der Waals surface area (Å²) in [6.45, 7) is 3.01. The lowest BCUT2D eigenvalue weighted by Gasteiger charge is -2.19. The second-order valence-electron chi connectivity index (χ2n) is 6.00. The Morgan fingerprint density at radius 2 is 2.04 bits per heavy atom. The highest BCUT2D eigenvalue weighted by molar-refractivity contribution is 6.07. The molecule has 0 bridgehead atoms. The molecule has 4 amide bonds. The van der Waals surface area contributed by atoms with Crippen molar-refractivity contribution in [2.24, 2.45) is 0 Å². The van der Waals surface area contributed by atoms with Gasteiger partial charge >= 0.3 is 12.0 Å². The average molecular weight is 363 g/mol. The highest BCUT2D eigenvalue weighted by Crippen LogP contribution is 2.19. The normalized spacial score (nSPS) is 19.3. The molecule has 26 heavy (non-hydrogen) atoms. The van der Waals surface area contributed by atoms with Gasteiger partial charge in [-0.3, -0.25) is 15.0 Å². The Balaban J connectivity index is 1.91. The fourth-order valence-corrected chi connectivity index (χ4v) is 2.35. The first-order chi connectivity index (χ1) is 12.3. The fraction of sp³-hybridized carbons (Fsp3) is 0.412. The molecule has 2 rings (SSSR count). The average Bonchev–Trinajstić information content (AvgIpc) is 2.84. The lowest BCUT2D eigenvalue weighted by Crippen LogP contribution is -2.49. The smallest absolute Gasteiger partial charge is 0.344 e. The third-order valence-electron chi connectivity index (χ3n) is 4.01. The van der Waals surface area contributed by atoms with E-state index in [1.54, 1.807) is 38.1 Å². The third-order valence-corrected chi connectivity index (χ3v) is 4.01. The van der Waals surface area contributed by atoms with Gasteiger partial charge in [-0.1, -0.05) is 19.1 Å². The number of hydrogen-bond acceptors (Lipinski definition) is 6. The summed E-state index contributed by atoms with van der Waals surface area (Å²) in [7, 11) is 1.54. The standard InChI is InChI=1S/C17H21N3O6/c1-4-17(2)15(23)20(16(24)18-17)19-13(21)10-26-14(22)12-7-5-6-11(8-12)9-25-3/h5-8H,4,9-10H2,1-3H3,(H,18,24)(H,19,21). The maximum absolute atomic E-state index is 12.2. The van der Waals surface area contributed by atoms with E-state index in [4.69, 9.17) is 9.47 Å². The molecule has 0 spiro atoms. The number of carbonyl (C=O) groups excluding carboxylic acids is 4. The minimum absolute atomic E-state index is 0.265. The molecule has 1 aromatic rings. The number of hydrogen-bond donors (Lipinski definition) is 2. The van der Waals surface area contributed by atoms with Crippen LogP contribution in [0.15, 0.2) is 24.3 Å². The van der Waals surface area contributed by atoms with Crippen molar-refractivity contribution < 1.29 is 28.7 Å². The van der Waals surface area contributed by atoms with Crippen LogP contribution in [0.25, 0.3) is 0 Å². The van der Waals surface area contributed by atoms with Crippen molar-refractivity contribution in [3.63, 3.8) is 0 Å². The second kappa shape index (κ2) is 7.96. The zero-order chi connectivity index (χ0) is 19.3. The molecule has 1 aliphatic rings. The summed E-state index contributed by atoms with van der Waals surface area (Å²) < 4.78 is 9.91. The molecule has 0 saturated carbocycles. The monoisotopic (exact) mass is 363 g/mol. The van der Waals surface area contributed by atoms with E-state index in [-0.39, 0.29) is 5.56 Å². The number of nitrogens with zero attached hydrogens (tertiary/aromatic N) is 1. The Morgan fingerprint density at radius 1 is 1.31 bits per heavy atom. The Hall–Kier alpha value is -2.94. The maximum atomic E-state index is 12.2. The number of hydrazine groups is 1. The van der Waals surface area contributed by atoms with Crippen molar-refractivity contribution in [1.29, 1.82) is 0 Å². The predicted octanol–water partition coefficient (Wildman–Crippen LogP) is 0.741. The van der Waals surface area contributed by atoms with E-state index in [9.17, 15) is 19.2 Å². The number of nitrogens with one attached hydrogen (secondary N) is 2. The highest BCUT2D eigenvalue weighted by atomic mass is 16.5. The number of benzene rings is 1. The zero-order valence-corrected chi connectivity index (χ0v) is 14.8. The van der Waals surface area contributed by atoms with Crippen LogP contribution in [-0.4, -0.2) is 48.1 Å². The summed E-state index contributed by atoms with van der Waals surface area (Å²) in [6.07, 6.45) is 0.372. The Labute approximate surface area is 150 Å². The Morgan fingerprint density at radius 3 is 2.65 bits per heavy atom. The number of ether oxygens (including phenoxy) is 2. The minimum Gasteiger partial charge on any atom is -0.452 e. The number of imide groups is 1. The van der Waals surface area contributed by atoms with Gasteiger partial charge in [-0.25, -0.2) is 9.59 Å². The summed E-state index contributed by atoms with van der Waals surface area (Å²) in [4.78, 5) is 47.9. The molecule has 1 unspecified atom stereocenters. The highest BCUT2D eigenvalue weighted by Gasteiger charge is 2.47. The molecule has 9 nitrogen and oxygen atoms in total. The molecule has 1 saturated heterocycles. The van der Waals surface area contributed by atoms with Crippen molar-refractivity contribution in [2.45, 2.75) is 32.4 Å². The molecule has 2 N–H and O–H groups in total. The van der Waals surface area contributed by atoms with Gasteiger partial charge in [0.05, 0.1) is 12.2 Å². The molecule has 0 aliphatic carbocycles. The van der Waals surface area contributed by atoms with E-state index in [1.165, 1.54) is 7.11 Å². The first kappa shape index (κ1) is 19.4. The first-order valence-electron chi connectivity index (χ1n) is 8.02. The van der Waals surface area contributed by atoms with Crippen LogP contribution in [0.2, 0.25) is 0 Å². The van der Waals surface area contributed by atoms with Crippen LogP contribution >= 0.6 is 0 Å². The molecule has 1 aliphatic heterocycles. The lowest BCUT2D eigenvalue weighted by molar-refractivity contribution is -0.139. The molecule has 1 atom stereocenters. The molecular formula is C17H21N3O6. The summed E-state index contributed by atoms with van der Waals surface area (Å²) in [5.41, 5.74) is 2.12. The predicted molar refractivity (Wildman–Crippen MR) is 89.7 cm³/mol. The first-order valence-corrected chi connectivity index (χ1v) is 8.02. The number of amides is 4. The maximum Gasteiger partial charge on any atom is 0.344 e. The summed E-state index contributed by atoms with van der Waals surface area (Å²) in [6, 6.07) is 5.86. The topological polar surface area (TPSA) is 114 Å². The van der Waals surface area contributed by atoms with E-state index in [1.807, 2.05) is 0 Å². The van der Waals surface area contributed by atoms with Gasteiger partial charge in [0.25, 0.3) is 11.8 Å². The van der Waals surface area contributed by atoms with E-state index < -0.39 is 36.0 Å². The zero-order valence-electron chi connectivity index (χ0n) is 14.8. The summed E-state index contributed by atoms with van der Waals surface area (Å²) in [5, 5.41) is 3.09. The lowest BCUT2D eigenvalue weighted by atomic mass is 10.00. The van der Waals surface area contributed by atoms with Crippen molar-refractivity contribution in [2.75, 3.05) is 13.7 Å². The van der Waals surface area contributed by atoms with Crippen LogP contribution in [0, 0.1) is 0 Å². The number of methoxy groups -OCH3 is 1. The molecular weight excluding hydrogens is 342 g/mol. The molecule has 0 radical (unpaired) electrons. The van der Waals surface area contributed by atoms with Crippen LogP contribution in [0.3, 0.4) is 0 Å². The van der Waals surface area contributed by atoms with Crippen molar-refractivity contribution >= 4 is 23.8 Å². The van der Waals surface area contributed by atoms with Crippen molar-refractivity contribution in [1.82, 2.24) is 15.8 Å². The van der Waals surface area contributed by atoms with Crippen LogP contribution < -0.4 is 10.7 Å². The number of esters is 1. The largest absolute Gasteiger partial charge is 0.452 e. The Bertz CT molecular complexity index is 735. The van der Waals surface area contributed by atoms with Crippen LogP contribution in [0.5, 0.6) is 0 Å². The van der Waals surface area contributed by atoms with Crippen molar-refractivity contribution in [3.8, 4) is 0 Å². The number of urea groups is 1. The quantitative estimate of drug-likeness (QED) is 0.546. The van der Waals surface area contributed by atoms with Gasteiger partial charge in [0.1, 0.15) is 5.54 Å². The van der Waals surface area contributed by atoms with Gasteiger partial charge in [-0.2, -0.15) is 5.01 Å². The SMILES string of the molecule is CCC1(C)NC(=O)N(NC(=O)COC(=O)c2cccc(COC)c2)C1=O. The Kier molecular flexibility index (Phi) is 5.93. The van der Waals surface area contributed by atoms with Gasteiger partial charge < -0.3 is 14.8 Å². The molecule has 9 heteroatoms. The van der Waals surface area contributed by atoms with Crippen LogP contribution in [-0.2, 0) is 25.7 Å². The number of carbonyl (C=O) groups is 4. The van der Waals surface area contributed by atoms with E-state index in [0.717, 1.165) is 5.56 Å². The van der Waals surface area contributed by atoms with Gasteiger partial charge in [-0.15, -0.1) is 0 Å². The second-order valence-corrected chi connectivity index (χ2v) is 6.00. The van der Waals surface area contributed by atoms with Crippen LogP contribution in [0.1, 0.15) is 36.2 Å². The van der Waals surface area contributed by atoms with Gasteiger partial charge in [-0.05, 0) is 31.0 Å². The van der Waals surface area contributed by atoms with Crippen LogP contribution in [0.4, 0.5) is 4.79 Å². The van der Waals surface area contributed by atoms with E-state index in [0.29, 0.717) is 18.0 Å². The minimum atomic E-state index is -1.07. The van der Waals surface area contributed by atoms with Gasteiger partial charge in [0.2, 0.25) is 0 Å². The molecule has 1 fully saturated rings. The molecule has 1 heterocycles. The third kappa shape index (κ3) is 4.17. The van der Waals surface area contributed by atoms with Crippen molar-refractivity contribution in [3.05, 3.63) is 35.4 Å². The molecule has 140 valence electrons. The fourth-order valence-electron chi connectivity index (χ4n) is 2.35. The molecule has 0 aromatic heterocycles. The summed E-state index contributed by atoms with van der Waals surface area (Å²) >= 11 is 0. The van der Waals surface area contributed by atoms with Gasteiger partial charge in [0.15, 0.2) is 6.61 Å². The van der Waals surface area contributed by atoms with E-state index in [2.05, 4.69) is 10.7 Å². The summed E-state index contributed by atoms with van der Waals surface area (Å²) in [5.74, 6) is -2.07.